The molecule has 0 bridgehead atoms. The number of H-pyrrole nitrogens is 1. The Kier molecular flexibility index (Phi) is 4.41. The second-order valence-corrected chi connectivity index (χ2v) is 8.02. The Bertz CT molecular complexity index is 1010. The molecule has 0 atom stereocenters. The van der Waals surface area contributed by atoms with Gasteiger partial charge in [0.15, 0.2) is 17.4 Å². The van der Waals surface area contributed by atoms with Crippen molar-refractivity contribution in [3.8, 4) is 11.6 Å². The molecule has 134 valence electrons. The van der Waals surface area contributed by atoms with E-state index in [9.17, 15) is 8.96 Å². The molecule has 1 aromatic carbocycles. The van der Waals surface area contributed by atoms with Crippen molar-refractivity contribution in [1.82, 2.24) is 9.97 Å². The monoisotopic (exact) mass is 387 g/mol. The molecule has 0 aliphatic rings. The van der Waals surface area contributed by atoms with E-state index in [2.05, 4.69) is 9.97 Å². The molecule has 0 saturated carbocycles. The van der Waals surface area contributed by atoms with E-state index in [1.54, 1.807) is 0 Å². The average molecular weight is 388 g/mol. The second kappa shape index (κ2) is 6.14. The maximum atomic E-state index is 14.5. The maximum absolute atomic E-state index is 14.5. The van der Waals surface area contributed by atoms with Crippen molar-refractivity contribution in [3.05, 3.63) is 28.5 Å². The summed E-state index contributed by atoms with van der Waals surface area (Å²) >= 11 is 6.32. The number of aromatic nitrogens is 2. The lowest BCUT2D eigenvalue weighted by Gasteiger charge is -2.11. The van der Waals surface area contributed by atoms with Crippen molar-refractivity contribution in [1.29, 1.82) is 0 Å². The van der Waals surface area contributed by atoms with Gasteiger partial charge in [-0.25, -0.2) is 9.37 Å². The summed E-state index contributed by atoms with van der Waals surface area (Å²) in [5, 5.41) is 0.177. The average Bonchev–Trinajstić information content (AvgIpc) is 3.15. The lowest BCUT2D eigenvalue weighted by atomic mass is 10.0. The number of anilines is 1. The van der Waals surface area contributed by atoms with Gasteiger partial charge in [0.25, 0.3) is 0 Å². The highest BCUT2D eigenvalue weighted by Crippen LogP contribution is 2.38. The number of nitrogen functional groups attached to an aromatic ring is 1. The van der Waals surface area contributed by atoms with Crippen LogP contribution in [0.2, 0.25) is 5.02 Å². The van der Waals surface area contributed by atoms with Crippen LogP contribution in [0.15, 0.2) is 16.5 Å². The number of nitrogens with zero attached hydrogens (tertiary/aromatic N) is 1. The summed E-state index contributed by atoms with van der Waals surface area (Å²) in [5.41, 5.74) is 6.01. The van der Waals surface area contributed by atoms with Gasteiger partial charge in [0, 0.05) is 5.56 Å². The number of aromatic amines is 1. The molecule has 7 nitrogen and oxygen atoms in total. The third-order valence-electron chi connectivity index (χ3n) is 3.67. The molecule has 2 aromatic heterocycles. The summed E-state index contributed by atoms with van der Waals surface area (Å²) in [5.74, 6) is -0.220. The molecular formula is C15H16ClFN3O4P. The topological polar surface area (TPSA) is 125 Å². The van der Waals surface area contributed by atoms with Crippen molar-refractivity contribution < 1.29 is 23.2 Å². The van der Waals surface area contributed by atoms with E-state index in [-0.39, 0.29) is 33.7 Å². The fourth-order valence-corrected chi connectivity index (χ4v) is 3.34. The molecule has 0 aliphatic heterocycles. The third-order valence-corrected chi connectivity index (χ3v) is 4.90. The van der Waals surface area contributed by atoms with Gasteiger partial charge >= 0.3 is 7.60 Å². The molecule has 0 amide bonds. The van der Waals surface area contributed by atoms with Gasteiger partial charge in [-0.2, -0.15) is 0 Å². The van der Waals surface area contributed by atoms with E-state index in [1.807, 2.05) is 13.8 Å². The maximum Gasteiger partial charge on any atom is 0.391 e. The number of hydrogen-bond acceptors (Lipinski definition) is 4. The van der Waals surface area contributed by atoms with Gasteiger partial charge in [0.05, 0.1) is 16.2 Å². The number of rotatable bonds is 4. The quantitative estimate of drug-likeness (QED) is 0.402. The second-order valence-electron chi connectivity index (χ2n) is 6.11. The largest absolute Gasteiger partial charge is 0.445 e. The zero-order valence-corrected chi connectivity index (χ0v) is 15.0. The SMILES string of the molecule is CC(C)Cc1c(F)c(N)c2nc(-c3ccc(P(=O)(O)O)o3)[nH]c2c1Cl. The summed E-state index contributed by atoms with van der Waals surface area (Å²) < 4.78 is 30.9. The summed E-state index contributed by atoms with van der Waals surface area (Å²) in [6.45, 7) is 3.86. The van der Waals surface area contributed by atoms with E-state index in [0.29, 0.717) is 17.5 Å². The molecule has 0 fully saturated rings. The van der Waals surface area contributed by atoms with Gasteiger partial charge in [0.1, 0.15) is 5.52 Å². The highest BCUT2D eigenvalue weighted by Gasteiger charge is 2.25. The van der Waals surface area contributed by atoms with Crippen LogP contribution in [0.5, 0.6) is 0 Å². The number of nitrogens with one attached hydrogen (secondary N) is 1. The first-order chi connectivity index (χ1) is 11.6. The number of furan rings is 1. The number of nitrogens with two attached hydrogens (primary N) is 1. The van der Waals surface area contributed by atoms with Crippen LogP contribution in [0.4, 0.5) is 10.1 Å². The zero-order chi connectivity index (χ0) is 18.5. The molecule has 5 N–H and O–H groups in total. The molecule has 0 radical (unpaired) electrons. The molecule has 0 unspecified atom stereocenters. The van der Waals surface area contributed by atoms with Crippen LogP contribution < -0.4 is 11.2 Å². The molecular weight excluding hydrogens is 372 g/mol. The van der Waals surface area contributed by atoms with Crippen molar-refractivity contribution in [2.24, 2.45) is 5.92 Å². The van der Waals surface area contributed by atoms with E-state index in [1.165, 1.54) is 6.07 Å². The van der Waals surface area contributed by atoms with Crippen LogP contribution in [0.25, 0.3) is 22.6 Å². The van der Waals surface area contributed by atoms with Gasteiger partial charge in [-0.1, -0.05) is 25.4 Å². The number of fused-ring (bicyclic) bond motifs is 1. The molecule has 2 heterocycles. The Labute approximate surface area is 147 Å². The molecule has 0 spiro atoms. The van der Waals surface area contributed by atoms with Crippen LogP contribution in [-0.4, -0.2) is 19.8 Å². The predicted octanol–water partition coefficient (Wildman–Crippen LogP) is 3.20. The number of imidazole rings is 1. The third kappa shape index (κ3) is 3.18. The predicted molar refractivity (Wildman–Crippen MR) is 93.4 cm³/mol. The Hall–Kier alpha value is -1.86. The number of halogens is 2. The standard InChI is InChI=1S/C15H16ClFN3O4P/c1-6(2)5-7-10(16)13-14(12(18)11(7)17)20-15(19-13)8-3-4-9(24-8)25(21,22)23/h3-4,6H,5,18H2,1-2H3,(H,19,20)(H2,21,22,23). The van der Waals surface area contributed by atoms with Crippen molar-refractivity contribution in [2.75, 3.05) is 5.73 Å². The minimum absolute atomic E-state index is 0.0795. The Morgan fingerprint density at radius 2 is 2.12 bits per heavy atom. The lowest BCUT2D eigenvalue weighted by molar-refractivity contribution is 0.377. The first kappa shape index (κ1) is 17.9. The lowest BCUT2D eigenvalue weighted by Crippen LogP contribution is -2.03. The van der Waals surface area contributed by atoms with Crippen LogP contribution in [0.1, 0.15) is 19.4 Å². The number of hydrogen-bond donors (Lipinski definition) is 4. The summed E-state index contributed by atoms with van der Waals surface area (Å²) in [4.78, 5) is 25.3. The normalized spacial score (nSPS) is 12.4. The van der Waals surface area contributed by atoms with Gasteiger partial charge in [0.2, 0.25) is 5.50 Å². The summed E-state index contributed by atoms with van der Waals surface area (Å²) in [7, 11) is -4.52. The van der Waals surface area contributed by atoms with E-state index in [0.717, 1.165) is 6.07 Å². The van der Waals surface area contributed by atoms with Crippen LogP contribution >= 0.6 is 19.2 Å². The highest BCUT2D eigenvalue weighted by molar-refractivity contribution is 7.59. The van der Waals surface area contributed by atoms with Gasteiger partial charge < -0.3 is 24.9 Å². The van der Waals surface area contributed by atoms with E-state index < -0.39 is 18.9 Å². The Balaban J connectivity index is 2.17. The smallest absolute Gasteiger partial charge is 0.391 e. The van der Waals surface area contributed by atoms with Crippen molar-refractivity contribution in [2.45, 2.75) is 20.3 Å². The van der Waals surface area contributed by atoms with Gasteiger partial charge in [-0.05, 0) is 24.5 Å². The van der Waals surface area contributed by atoms with Crippen molar-refractivity contribution in [3.63, 3.8) is 0 Å². The molecule has 25 heavy (non-hydrogen) atoms. The van der Waals surface area contributed by atoms with Crippen molar-refractivity contribution >= 4 is 41.4 Å². The Morgan fingerprint density at radius 1 is 1.44 bits per heavy atom. The fraction of sp³-hybridized carbons (Fsp3) is 0.267. The first-order valence-electron chi connectivity index (χ1n) is 7.41. The summed E-state index contributed by atoms with van der Waals surface area (Å²) in [6.07, 6.45) is 0.405. The minimum atomic E-state index is -4.52. The number of benzene rings is 1. The molecule has 3 rings (SSSR count). The Morgan fingerprint density at radius 3 is 2.68 bits per heavy atom. The minimum Gasteiger partial charge on any atom is -0.445 e. The molecule has 0 saturated heterocycles. The molecule has 3 aromatic rings. The van der Waals surface area contributed by atoms with Gasteiger partial charge in [-0.15, -0.1) is 0 Å². The van der Waals surface area contributed by atoms with Crippen LogP contribution in [-0.2, 0) is 11.0 Å². The summed E-state index contributed by atoms with van der Waals surface area (Å²) in [6, 6.07) is 2.50. The van der Waals surface area contributed by atoms with Gasteiger partial charge in [-0.3, -0.25) is 4.57 Å². The van der Waals surface area contributed by atoms with E-state index >= 15 is 0 Å². The first-order valence-corrected chi connectivity index (χ1v) is 9.40. The zero-order valence-electron chi connectivity index (χ0n) is 13.4. The van der Waals surface area contributed by atoms with Crippen LogP contribution in [0.3, 0.4) is 0 Å². The molecule has 0 aliphatic carbocycles. The highest BCUT2D eigenvalue weighted by atomic mass is 35.5. The molecule has 10 heteroatoms. The van der Waals surface area contributed by atoms with Crippen LogP contribution in [0, 0.1) is 11.7 Å². The van der Waals surface area contributed by atoms with E-state index in [4.69, 9.17) is 31.5 Å². The fourth-order valence-electron chi connectivity index (χ4n) is 2.56.